The number of ketones is 1. The molecule has 3 rings (SSSR count). The molecular weight excluding hydrogens is 562 g/mol. The van der Waals surface area contributed by atoms with Gasteiger partial charge in [-0.05, 0) is 50.7 Å². The Morgan fingerprint density at radius 3 is 2.50 bits per heavy atom. The maximum Gasteiger partial charge on any atom is 0.309 e. The summed E-state index contributed by atoms with van der Waals surface area (Å²) in [5.41, 5.74) is 0.266. The predicted molar refractivity (Wildman–Crippen MR) is 158 cm³/mol. The van der Waals surface area contributed by atoms with Gasteiger partial charge in [0.1, 0.15) is 30.2 Å². The van der Waals surface area contributed by atoms with Crippen molar-refractivity contribution in [2.45, 2.75) is 117 Å². The summed E-state index contributed by atoms with van der Waals surface area (Å²) in [7, 11) is 0. The first-order chi connectivity index (χ1) is 19.8. The molecule has 0 spiro atoms. The van der Waals surface area contributed by atoms with E-state index in [1.54, 1.807) is 20.8 Å². The molecule has 3 heterocycles. The van der Waals surface area contributed by atoms with Crippen molar-refractivity contribution in [1.29, 1.82) is 0 Å². The quantitative estimate of drug-likeness (QED) is 0.289. The number of hydrogen-bond donors (Lipinski definition) is 4. The molecule has 10 nitrogen and oxygen atoms in total. The van der Waals surface area contributed by atoms with E-state index in [-0.39, 0.29) is 18.1 Å². The summed E-state index contributed by atoms with van der Waals surface area (Å²) in [6.07, 6.45) is 0.339. The number of nitrogens with zero attached hydrogens (tertiary/aromatic N) is 1. The van der Waals surface area contributed by atoms with Crippen molar-refractivity contribution >= 4 is 29.2 Å². The summed E-state index contributed by atoms with van der Waals surface area (Å²) in [4.78, 5) is 31.8. The van der Waals surface area contributed by atoms with E-state index in [1.165, 1.54) is 11.3 Å². The van der Waals surface area contributed by atoms with Crippen LogP contribution in [0.1, 0.15) is 77.4 Å². The first-order valence-corrected chi connectivity index (χ1v) is 15.6. The molecule has 1 aromatic heterocycles. The zero-order chi connectivity index (χ0) is 31.2. The number of allylic oxidation sites excluding steroid dienone is 1. The van der Waals surface area contributed by atoms with Crippen molar-refractivity contribution in [1.82, 2.24) is 4.98 Å². The normalized spacial score (nSPS) is 36.5. The van der Waals surface area contributed by atoms with Crippen molar-refractivity contribution in [2.24, 2.45) is 17.3 Å². The van der Waals surface area contributed by atoms with Gasteiger partial charge in [0.15, 0.2) is 6.29 Å². The maximum atomic E-state index is 13.8. The van der Waals surface area contributed by atoms with Crippen LogP contribution in [0.5, 0.6) is 0 Å². The number of thiazole rings is 1. The number of aromatic nitrogens is 1. The van der Waals surface area contributed by atoms with E-state index >= 15 is 0 Å². The largest absolute Gasteiger partial charge is 0.457 e. The number of cyclic esters (lactones) is 1. The lowest BCUT2D eigenvalue weighted by Gasteiger charge is -2.38. The molecule has 0 aliphatic carbocycles. The van der Waals surface area contributed by atoms with Crippen LogP contribution in [0.15, 0.2) is 23.1 Å². The molecule has 4 N–H and O–H groups in total. The number of aryl methyl sites for hydroxylation is 1. The minimum absolute atomic E-state index is 0.134. The Kier molecular flexibility index (Phi) is 12.4. The van der Waals surface area contributed by atoms with Crippen LogP contribution in [0.4, 0.5) is 0 Å². The van der Waals surface area contributed by atoms with Crippen LogP contribution in [0.3, 0.4) is 0 Å². The molecule has 1 saturated heterocycles. The van der Waals surface area contributed by atoms with Crippen LogP contribution in [0.25, 0.3) is 6.08 Å². The van der Waals surface area contributed by atoms with E-state index in [9.17, 15) is 30.0 Å². The van der Waals surface area contributed by atoms with Crippen molar-refractivity contribution in [3.63, 3.8) is 0 Å². The summed E-state index contributed by atoms with van der Waals surface area (Å²) in [6, 6.07) is 0. The van der Waals surface area contributed by atoms with Gasteiger partial charge in [-0.3, -0.25) is 9.59 Å². The third kappa shape index (κ3) is 8.56. The van der Waals surface area contributed by atoms with Gasteiger partial charge < -0.3 is 34.6 Å². The molecule has 1 aromatic rings. The molecule has 236 valence electrons. The van der Waals surface area contributed by atoms with Gasteiger partial charge in [0.05, 0.1) is 41.4 Å². The Morgan fingerprint density at radius 1 is 1.17 bits per heavy atom. The lowest BCUT2D eigenvalue weighted by molar-refractivity contribution is -0.218. The second kappa shape index (κ2) is 15.1. The molecule has 42 heavy (non-hydrogen) atoms. The number of rotatable bonds is 5. The van der Waals surface area contributed by atoms with Gasteiger partial charge in [-0.15, -0.1) is 11.3 Å². The third-order valence-electron chi connectivity index (χ3n) is 8.44. The van der Waals surface area contributed by atoms with Crippen LogP contribution in [-0.2, 0) is 23.8 Å². The maximum absolute atomic E-state index is 13.8. The highest BCUT2D eigenvalue weighted by atomic mass is 32.1. The third-order valence-corrected chi connectivity index (χ3v) is 9.23. The molecule has 9 atom stereocenters. The van der Waals surface area contributed by atoms with Gasteiger partial charge in [0, 0.05) is 17.7 Å². The first-order valence-electron chi connectivity index (χ1n) is 14.7. The highest BCUT2D eigenvalue weighted by molar-refractivity contribution is 7.09. The number of carbonyl (C=O) groups is 2. The second-order valence-electron chi connectivity index (χ2n) is 12.2. The summed E-state index contributed by atoms with van der Waals surface area (Å²) in [6.45, 7) is 10.1. The number of carbonyl (C=O) groups excluding carboxylic acids is 2. The highest BCUT2D eigenvalue weighted by Gasteiger charge is 2.49. The summed E-state index contributed by atoms with van der Waals surface area (Å²) in [5, 5.41) is 44.2. The lowest BCUT2D eigenvalue weighted by Crippen LogP contribution is -2.49. The smallest absolute Gasteiger partial charge is 0.309 e. The number of Topliss-reactive ketones (excluding diaryl/α,β-unsaturated/α-hetero) is 1. The van der Waals surface area contributed by atoms with Crippen LogP contribution in [0, 0.1) is 24.2 Å². The lowest BCUT2D eigenvalue weighted by atomic mass is 9.72. The number of esters is 1. The standard InChI is InChI=1S/C31H47NO9S/c1-17-11-9-7-8-10-12-22(18(2)13-21-16-42-20(4)32-21)39-25(34)14-24(31(5,6)29(38)19(3)26(17)35)41-30-28(37)27(36)23(15-33)40-30/h8,10,13,16-17,19,22-24,26-28,30,33,35-37H,7,9,11-12,14-15H2,1-6H3/b10-8-,18-13+/t17-,19+,22-,23+,24-,26-,27-,28+,30-/m0/s1. The fourth-order valence-corrected chi connectivity index (χ4v) is 6.10. The van der Waals surface area contributed by atoms with Crippen molar-refractivity contribution in [3.05, 3.63) is 33.8 Å². The first kappa shape index (κ1) is 34.5. The van der Waals surface area contributed by atoms with Crippen LogP contribution in [0.2, 0.25) is 0 Å². The molecule has 0 saturated carbocycles. The van der Waals surface area contributed by atoms with Crippen LogP contribution >= 0.6 is 11.3 Å². The van der Waals surface area contributed by atoms with Crippen LogP contribution in [-0.4, -0.2) is 86.7 Å². The van der Waals surface area contributed by atoms with E-state index < -0.39 is 66.8 Å². The monoisotopic (exact) mass is 609 g/mol. The molecule has 2 aliphatic rings. The fraction of sp³-hybridized carbons (Fsp3) is 0.710. The highest BCUT2D eigenvalue weighted by Crippen LogP contribution is 2.36. The van der Waals surface area contributed by atoms with E-state index in [0.29, 0.717) is 6.42 Å². The average Bonchev–Trinajstić information content (AvgIpc) is 3.48. The minimum Gasteiger partial charge on any atom is -0.457 e. The molecule has 0 aromatic carbocycles. The Morgan fingerprint density at radius 2 is 1.88 bits per heavy atom. The molecule has 0 unspecified atom stereocenters. The topological polar surface area (TPSA) is 156 Å². The van der Waals surface area contributed by atoms with Gasteiger partial charge in [-0.2, -0.15) is 0 Å². The van der Waals surface area contributed by atoms with Gasteiger partial charge >= 0.3 is 5.97 Å². The Hall–Kier alpha value is -1.99. The Labute approximate surface area is 252 Å². The van der Waals surface area contributed by atoms with Gasteiger partial charge in [-0.25, -0.2) is 4.98 Å². The molecule has 0 bridgehead atoms. The summed E-state index contributed by atoms with van der Waals surface area (Å²) in [5.74, 6) is -1.83. The summed E-state index contributed by atoms with van der Waals surface area (Å²) < 4.78 is 17.5. The Balaban J connectivity index is 1.94. The van der Waals surface area contributed by atoms with E-state index in [2.05, 4.69) is 4.98 Å². The van der Waals surface area contributed by atoms with Gasteiger partial charge in [0.2, 0.25) is 0 Å². The number of aliphatic hydroxyl groups is 4. The predicted octanol–water partition coefficient (Wildman–Crippen LogP) is 3.34. The van der Waals surface area contributed by atoms with E-state index in [1.807, 2.05) is 44.4 Å². The van der Waals surface area contributed by atoms with Gasteiger partial charge in [-0.1, -0.05) is 39.8 Å². The van der Waals surface area contributed by atoms with Gasteiger partial charge in [0.25, 0.3) is 0 Å². The zero-order valence-electron chi connectivity index (χ0n) is 25.4. The molecule has 1 fully saturated rings. The summed E-state index contributed by atoms with van der Waals surface area (Å²) >= 11 is 1.53. The molecule has 11 heteroatoms. The van der Waals surface area contributed by atoms with Crippen molar-refractivity contribution in [2.75, 3.05) is 6.61 Å². The number of ether oxygens (including phenoxy) is 3. The molecule has 0 amide bonds. The fourth-order valence-electron chi connectivity index (χ4n) is 5.53. The van der Waals surface area contributed by atoms with E-state index in [4.69, 9.17) is 14.2 Å². The minimum atomic E-state index is -1.50. The van der Waals surface area contributed by atoms with Crippen LogP contribution < -0.4 is 0 Å². The molecular formula is C31H47NO9S. The number of hydrogen-bond acceptors (Lipinski definition) is 11. The second-order valence-corrected chi connectivity index (χ2v) is 13.2. The SMILES string of the molecule is C/C(=C\c1csc(C)n1)[C@@H]1C/C=C\CCC[C@H](C)[C@H](O)[C@@H](C)C(=O)C(C)(C)[C@@H](O[C@@H]2O[C@H](CO)[C@H](O)[C@H]2O)CC(=O)O1. The average molecular weight is 610 g/mol. The van der Waals surface area contributed by atoms with Crippen molar-refractivity contribution in [3.8, 4) is 0 Å². The molecule has 0 radical (unpaired) electrons. The molecule has 2 aliphatic heterocycles. The van der Waals surface area contributed by atoms with E-state index in [0.717, 1.165) is 35.5 Å². The van der Waals surface area contributed by atoms with Crippen molar-refractivity contribution < 1.29 is 44.2 Å². The Bertz CT molecular complexity index is 1120. The number of aliphatic hydroxyl groups excluding tert-OH is 4. The zero-order valence-corrected chi connectivity index (χ0v) is 26.3.